The van der Waals surface area contributed by atoms with Crippen molar-refractivity contribution in [3.8, 4) is 11.5 Å². The number of aliphatic hydroxyl groups is 5. The molecule has 15 nitrogen and oxygen atoms in total. The van der Waals surface area contributed by atoms with Gasteiger partial charge in [0.1, 0.15) is 34.9 Å². The lowest BCUT2D eigenvalue weighted by Gasteiger charge is -2.64. The molecule has 376 valence electrons. The fourth-order valence-corrected chi connectivity index (χ4v) is 17.5. The molecule has 5 spiro atoms. The average Bonchev–Trinajstić information content (AvgIpc) is 4.26. The Hall–Kier alpha value is -5.52. The molecule has 5 fully saturated rings. The number of rotatable bonds is 2. The third kappa shape index (κ3) is 5.49. The molecule has 4 aromatic rings. The predicted molar refractivity (Wildman–Crippen MR) is 267 cm³/mol. The number of phenolic OH excluding ortho intramolecular Hbond substituents is 1. The van der Waals surface area contributed by atoms with Crippen LogP contribution in [-0.4, -0.2) is 102 Å². The van der Waals surface area contributed by atoms with Crippen molar-refractivity contribution in [2.75, 3.05) is 11.9 Å². The Kier molecular flexibility index (Phi) is 9.15. The van der Waals surface area contributed by atoms with Crippen molar-refractivity contribution in [3.05, 3.63) is 117 Å². The first-order valence-electron chi connectivity index (χ1n) is 26.7. The van der Waals surface area contributed by atoms with Crippen molar-refractivity contribution < 1.29 is 49.7 Å². The minimum atomic E-state index is -2.46. The zero-order valence-corrected chi connectivity index (χ0v) is 40.8. The molecular formula is C58H59N5O10. The van der Waals surface area contributed by atoms with Gasteiger partial charge < -0.3 is 50.4 Å². The van der Waals surface area contributed by atoms with Crippen LogP contribution in [0, 0.1) is 35.9 Å². The second-order valence-electron chi connectivity index (χ2n) is 24.0. The lowest BCUT2D eigenvalue weighted by atomic mass is 9.51. The van der Waals surface area contributed by atoms with Gasteiger partial charge in [-0.25, -0.2) is 4.98 Å². The summed E-state index contributed by atoms with van der Waals surface area (Å²) in [5.41, 5.74) is -0.565. The molecule has 7 N–H and O–H groups in total. The van der Waals surface area contributed by atoms with Gasteiger partial charge in [0.2, 0.25) is 5.78 Å². The molecule has 7 aliphatic carbocycles. The van der Waals surface area contributed by atoms with Gasteiger partial charge in [0.05, 0.1) is 30.0 Å². The van der Waals surface area contributed by atoms with E-state index in [1.807, 2.05) is 6.21 Å². The second kappa shape index (κ2) is 14.9. The summed E-state index contributed by atoms with van der Waals surface area (Å²) in [5.74, 6) is -4.34. The normalized spacial score (nSPS) is 37.0. The fraction of sp³-hybridized carbons (Fsp3) is 0.517. The minimum Gasteiger partial charge on any atom is -0.657 e. The van der Waals surface area contributed by atoms with E-state index < -0.39 is 69.7 Å². The number of anilines is 1. The highest BCUT2D eigenvalue weighted by atomic mass is 16.7. The van der Waals surface area contributed by atoms with Gasteiger partial charge in [-0.1, -0.05) is 47.9 Å². The molecule has 0 radical (unpaired) electrons. The number of hydrogen-bond donors (Lipinski definition) is 7. The Morgan fingerprint density at radius 1 is 0.863 bits per heavy atom. The molecule has 12 aliphatic rings. The maximum Gasteiger partial charge on any atom is 0.302 e. The summed E-state index contributed by atoms with van der Waals surface area (Å²) in [7, 11) is 0. The van der Waals surface area contributed by atoms with E-state index >= 15 is 9.59 Å². The molecule has 7 heterocycles. The third-order valence-electron chi connectivity index (χ3n) is 20.6. The average molecular weight is 986 g/mol. The number of carbonyl (C=O) groups excluding carboxylic acids is 2. The molecule has 8 bridgehead atoms. The number of aliphatic imine (C=N–C) groups is 1. The number of aliphatic hydroxyl groups excluding tert-OH is 5. The first kappa shape index (κ1) is 44.9. The first-order valence-corrected chi connectivity index (χ1v) is 26.7. The maximum atomic E-state index is 15.2. The number of phenols is 1. The standard InChI is InChI=1S/C58H59N5O10/c1-28-18-32-41(36(64)19-28)47(67)43-37-20-30-29(42(43)46(32)66)9-17-60-51(30)61-25-40(65)56-14-7-8-34(56)31-21-38(55(12-3-2-4-13-55)39-24-59-27-62-39)63-45(31)33-22-57(72-37)49(69)48(68)50(70)58(73-57)44(33)35(56)23-54(52(58)71)16-15-53(26-54)10-5-6-11-53/h9,17-22,24,27,34,40,48-50,52,65,68-71H,2-8,10-16,23,25-26H2,1H3,(H,64,67)(H,60,61,66)/t34-,40-,48+,49+,50-,52+,54-,56-,57+,58-/m0/s1. The van der Waals surface area contributed by atoms with E-state index in [0.29, 0.717) is 71.1 Å². The number of hydrogen-bond acceptors (Lipinski definition) is 13. The molecule has 2 aromatic carbocycles. The van der Waals surface area contributed by atoms with Crippen LogP contribution in [0.2, 0.25) is 0 Å². The fourth-order valence-electron chi connectivity index (χ4n) is 17.5. The molecule has 0 amide bonds. The zero-order valence-electron chi connectivity index (χ0n) is 40.8. The monoisotopic (exact) mass is 985 g/mol. The molecule has 15 heteroatoms. The Morgan fingerprint density at radius 3 is 2.47 bits per heavy atom. The lowest BCUT2D eigenvalue weighted by Crippen LogP contribution is -2.79. The maximum absolute atomic E-state index is 15.2. The summed E-state index contributed by atoms with van der Waals surface area (Å²) >= 11 is 0. The third-order valence-corrected chi connectivity index (χ3v) is 20.6. The smallest absolute Gasteiger partial charge is 0.302 e. The number of fused-ring (bicyclic) bond motifs is 7. The van der Waals surface area contributed by atoms with Crippen LogP contribution in [-0.2, 0) is 10.2 Å². The van der Waals surface area contributed by atoms with E-state index in [1.165, 1.54) is 6.07 Å². The molecule has 73 heavy (non-hydrogen) atoms. The summed E-state index contributed by atoms with van der Waals surface area (Å²) < 4.78 is 14.7. The predicted octanol–water partition coefficient (Wildman–Crippen LogP) is 7.16. The van der Waals surface area contributed by atoms with Crippen molar-refractivity contribution in [1.82, 2.24) is 9.97 Å². The van der Waals surface area contributed by atoms with E-state index in [9.17, 15) is 30.6 Å². The van der Waals surface area contributed by atoms with Crippen LogP contribution in [0.1, 0.15) is 163 Å². The van der Waals surface area contributed by atoms with E-state index in [-0.39, 0.29) is 51.6 Å². The van der Waals surface area contributed by atoms with Gasteiger partial charge in [0.25, 0.3) is 5.79 Å². The lowest BCUT2D eigenvalue weighted by molar-refractivity contribution is -0.366. The van der Waals surface area contributed by atoms with Crippen LogP contribution in [0.4, 0.5) is 5.82 Å². The Bertz CT molecular complexity index is 3240. The van der Waals surface area contributed by atoms with Crippen molar-refractivity contribution in [3.63, 3.8) is 0 Å². The number of nitrogens with one attached hydrogen (secondary N) is 1. The van der Waals surface area contributed by atoms with Crippen LogP contribution in [0.5, 0.6) is 11.5 Å². The van der Waals surface area contributed by atoms with Gasteiger partial charge >= 0.3 is 6.21 Å². The number of aromatic nitrogens is 2. The number of ether oxygens (including phenoxy) is 2. The number of ketones is 2. The molecule has 2 aromatic heterocycles. The van der Waals surface area contributed by atoms with Gasteiger partial charge in [-0.2, -0.15) is 0 Å². The highest BCUT2D eigenvalue weighted by Gasteiger charge is 2.76. The van der Waals surface area contributed by atoms with E-state index in [1.54, 1.807) is 44.1 Å². The number of aromatic hydroxyl groups is 1. The summed E-state index contributed by atoms with van der Waals surface area (Å²) in [5, 5.41) is 86.8. The quantitative estimate of drug-likeness (QED) is 0.0870. The zero-order chi connectivity index (χ0) is 49.8. The van der Waals surface area contributed by atoms with Crippen LogP contribution in [0.25, 0.3) is 21.7 Å². The second-order valence-corrected chi connectivity index (χ2v) is 24.0. The van der Waals surface area contributed by atoms with Gasteiger partial charge in [-0.15, -0.1) is 11.4 Å². The molecular weight excluding hydrogens is 927 g/mol. The van der Waals surface area contributed by atoms with Gasteiger partial charge in [-0.3, -0.25) is 14.9 Å². The van der Waals surface area contributed by atoms with Crippen molar-refractivity contribution in [2.24, 2.45) is 21.2 Å². The molecule has 16 rings (SSSR count). The Balaban J connectivity index is 1.06. The first-order chi connectivity index (χ1) is 35.2. The van der Waals surface area contributed by atoms with E-state index in [2.05, 4.69) is 16.4 Å². The summed E-state index contributed by atoms with van der Waals surface area (Å²) in [6.07, 6.45) is 9.73. The van der Waals surface area contributed by atoms with Crippen molar-refractivity contribution >= 4 is 39.9 Å². The SMILES string of the molecule is Cc1cc(O)c2c(c1)C(=O)c1c(c3cc4c(nccc14)NC[C@H](O)[C@@]14CCC[C@H]1c1cc(C5([C+]6C=N[CH+][N-]6)CCCCC5)[n-]c1C1=C[C@@]5(O3)O[C@@]3(C1=C4C[C@]1(CCC4(CCCC4)C1)[C@H]3O)[C@@H](O)[C@H](O)[C@H]5O)C2=O. The summed E-state index contributed by atoms with van der Waals surface area (Å²) in [6.45, 7) is 3.30. The van der Waals surface area contributed by atoms with Crippen LogP contribution in [0.3, 0.4) is 0 Å². The van der Waals surface area contributed by atoms with E-state index in [0.717, 1.165) is 93.5 Å². The number of nitrogens with zero attached hydrogens (tertiary/aromatic N) is 4. The van der Waals surface area contributed by atoms with Gasteiger partial charge in [0.15, 0.2) is 23.5 Å². The molecule has 1 saturated heterocycles. The van der Waals surface area contributed by atoms with Gasteiger partial charge in [-0.05, 0) is 148 Å². The van der Waals surface area contributed by atoms with Crippen molar-refractivity contribution in [2.45, 2.75) is 163 Å². The highest BCUT2D eigenvalue weighted by Crippen LogP contribution is 2.74. The highest BCUT2D eigenvalue weighted by molar-refractivity contribution is 6.34. The van der Waals surface area contributed by atoms with E-state index in [4.69, 9.17) is 24.8 Å². The van der Waals surface area contributed by atoms with Gasteiger partial charge in [0, 0.05) is 40.1 Å². The molecule has 10 atom stereocenters. The number of carbonyl (C=O) groups is 2. The summed E-state index contributed by atoms with van der Waals surface area (Å²) in [6, 6.07) is 9.22. The van der Waals surface area contributed by atoms with Crippen molar-refractivity contribution in [1.29, 1.82) is 0 Å². The molecule has 4 saturated carbocycles. The molecule has 0 unspecified atom stereocenters. The Labute approximate surface area is 422 Å². The number of aryl methyl sites for hydroxylation is 1. The van der Waals surface area contributed by atoms with Crippen LogP contribution in [0.15, 0.2) is 58.7 Å². The number of pyridine rings is 1. The summed E-state index contributed by atoms with van der Waals surface area (Å²) in [4.78, 5) is 45.3. The van der Waals surface area contributed by atoms with Crippen LogP contribution < -0.4 is 15.0 Å². The van der Waals surface area contributed by atoms with Crippen LogP contribution >= 0.6 is 0 Å². The largest absolute Gasteiger partial charge is 0.657 e. The minimum absolute atomic E-state index is 0.000950. The molecule has 5 aliphatic heterocycles. The Morgan fingerprint density at radius 2 is 1.67 bits per heavy atom. The number of benzene rings is 2. The topological polar surface area (TPSA) is 239 Å².